The second-order valence-electron chi connectivity index (χ2n) is 3.63. The second kappa shape index (κ2) is 3.87. The Balaban J connectivity index is 2.55. The Morgan fingerprint density at radius 2 is 2.25 bits per heavy atom. The average molecular weight is 167 g/mol. The van der Waals surface area contributed by atoms with Crippen LogP contribution in [0.25, 0.3) is 0 Å². The number of rotatable bonds is 3. The third-order valence-corrected chi connectivity index (χ3v) is 2.08. The van der Waals surface area contributed by atoms with Gasteiger partial charge in [-0.25, -0.2) is 0 Å². The maximum absolute atomic E-state index is 9.42. The van der Waals surface area contributed by atoms with Gasteiger partial charge < -0.3 is 10.0 Å². The largest absolute Gasteiger partial charge is 0.392 e. The highest BCUT2D eigenvalue weighted by molar-refractivity contribution is 5.29. The van der Waals surface area contributed by atoms with Gasteiger partial charge in [-0.2, -0.15) is 0 Å². The number of aliphatic hydroxyl groups is 1. The topological polar surface area (TPSA) is 23.5 Å². The van der Waals surface area contributed by atoms with Gasteiger partial charge in [-0.3, -0.25) is 0 Å². The molecule has 0 radical (unpaired) electrons. The van der Waals surface area contributed by atoms with Gasteiger partial charge in [0.1, 0.15) is 0 Å². The van der Waals surface area contributed by atoms with Crippen LogP contribution in [0.15, 0.2) is 23.8 Å². The Kier molecular flexibility index (Phi) is 3.06. The molecule has 0 aromatic carbocycles. The Hall–Kier alpha value is -0.600. The van der Waals surface area contributed by atoms with E-state index in [4.69, 9.17) is 0 Å². The van der Waals surface area contributed by atoms with Crippen molar-refractivity contribution >= 4 is 0 Å². The average Bonchev–Trinajstić information content (AvgIpc) is 2.33. The summed E-state index contributed by atoms with van der Waals surface area (Å²) in [4.78, 5) is 2.12. The minimum Gasteiger partial charge on any atom is -0.392 e. The molecule has 1 aliphatic rings. The van der Waals surface area contributed by atoms with Crippen LogP contribution in [0, 0.1) is 5.92 Å². The summed E-state index contributed by atoms with van der Waals surface area (Å²) in [6.07, 6.45) is 5.91. The predicted octanol–water partition coefficient (Wildman–Crippen LogP) is 1.04. The van der Waals surface area contributed by atoms with Gasteiger partial charge in [-0.05, 0) is 26.6 Å². The van der Waals surface area contributed by atoms with E-state index in [1.165, 1.54) is 5.57 Å². The zero-order valence-corrected chi connectivity index (χ0v) is 7.99. The summed E-state index contributed by atoms with van der Waals surface area (Å²) in [5.74, 6) is 0.229. The van der Waals surface area contributed by atoms with E-state index in [1.54, 1.807) is 0 Å². The molecule has 1 rings (SSSR count). The molecule has 0 heterocycles. The van der Waals surface area contributed by atoms with Gasteiger partial charge >= 0.3 is 0 Å². The van der Waals surface area contributed by atoms with Crippen molar-refractivity contribution in [2.75, 3.05) is 20.6 Å². The SMILES string of the molecule is C[C@@H](O)C1C=CC=C1CN(C)C. The lowest BCUT2D eigenvalue weighted by Crippen LogP contribution is -2.23. The Morgan fingerprint density at radius 3 is 2.75 bits per heavy atom. The van der Waals surface area contributed by atoms with Gasteiger partial charge in [0.05, 0.1) is 6.10 Å². The number of hydrogen-bond donors (Lipinski definition) is 1. The summed E-state index contributed by atoms with van der Waals surface area (Å²) < 4.78 is 0. The minimum absolute atomic E-state index is 0.229. The normalized spacial score (nSPS) is 24.8. The number of hydrogen-bond acceptors (Lipinski definition) is 2. The molecule has 0 aliphatic heterocycles. The number of likely N-dealkylation sites (N-methyl/N-ethyl adjacent to an activating group) is 1. The number of aliphatic hydroxyl groups excluding tert-OH is 1. The van der Waals surface area contributed by atoms with Crippen molar-refractivity contribution in [1.82, 2.24) is 4.90 Å². The van der Waals surface area contributed by atoms with E-state index in [0.29, 0.717) is 0 Å². The fourth-order valence-electron chi connectivity index (χ4n) is 1.53. The molecule has 12 heavy (non-hydrogen) atoms. The van der Waals surface area contributed by atoms with Crippen LogP contribution < -0.4 is 0 Å². The van der Waals surface area contributed by atoms with Crippen LogP contribution in [0.5, 0.6) is 0 Å². The predicted molar refractivity (Wildman–Crippen MR) is 50.9 cm³/mol. The fourth-order valence-corrected chi connectivity index (χ4v) is 1.53. The summed E-state index contributed by atoms with van der Waals surface area (Å²) in [6, 6.07) is 0. The molecule has 0 aromatic rings. The molecule has 2 nitrogen and oxygen atoms in total. The van der Waals surface area contributed by atoms with Crippen LogP contribution in [0.4, 0.5) is 0 Å². The Labute approximate surface area is 74.2 Å². The van der Waals surface area contributed by atoms with Crippen molar-refractivity contribution in [3.8, 4) is 0 Å². The van der Waals surface area contributed by atoms with Gasteiger partial charge in [-0.1, -0.05) is 18.2 Å². The maximum Gasteiger partial charge on any atom is 0.0612 e. The van der Waals surface area contributed by atoms with Gasteiger partial charge in [0, 0.05) is 12.5 Å². The molecular weight excluding hydrogens is 150 g/mol. The van der Waals surface area contributed by atoms with Crippen molar-refractivity contribution < 1.29 is 5.11 Å². The molecule has 0 saturated carbocycles. The van der Waals surface area contributed by atoms with Crippen LogP contribution in [0.1, 0.15) is 6.92 Å². The summed E-state index contributed by atoms with van der Waals surface area (Å²) in [5.41, 5.74) is 1.30. The summed E-state index contributed by atoms with van der Waals surface area (Å²) >= 11 is 0. The van der Waals surface area contributed by atoms with E-state index >= 15 is 0 Å². The molecule has 2 heteroatoms. The van der Waals surface area contributed by atoms with E-state index in [2.05, 4.69) is 17.1 Å². The quantitative estimate of drug-likeness (QED) is 0.679. The molecule has 68 valence electrons. The first-order chi connectivity index (χ1) is 5.61. The molecule has 2 atom stereocenters. The van der Waals surface area contributed by atoms with Crippen LogP contribution in [0.3, 0.4) is 0 Å². The van der Waals surface area contributed by atoms with Gasteiger partial charge in [0.25, 0.3) is 0 Å². The molecule has 1 aliphatic carbocycles. The lowest BCUT2D eigenvalue weighted by atomic mass is 9.97. The fraction of sp³-hybridized carbons (Fsp3) is 0.600. The lowest BCUT2D eigenvalue weighted by molar-refractivity contribution is 0.162. The minimum atomic E-state index is -0.269. The van der Waals surface area contributed by atoms with Crippen molar-refractivity contribution in [3.05, 3.63) is 23.8 Å². The number of allylic oxidation sites excluding steroid dienone is 2. The zero-order valence-electron chi connectivity index (χ0n) is 7.99. The summed E-state index contributed by atoms with van der Waals surface area (Å²) in [5, 5.41) is 9.42. The van der Waals surface area contributed by atoms with Crippen molar-refractivity contribution in [2.45, 2.75) is 13.0 Å². The highest BCUT2D eigenvalue weighted by atomic mass is 16.3. The monoisotopic (exact) mass is 167 g/mol. The van der Waals surface area contributed by atoms with Crippen molar-refractivity contribution in [3.63, 3.8) is 0 Å². The van der Waals surface area contributed by atoms with Crippen molar-refractivity contribution in [1.29, 1.82) is 0 Å². The lowest BCUT2D eigenvalue weighted by Gasteiger charge is -2.19. The Bertz CT molecular complexity index is 204. The van der Waals surface area contributed by atoms with Gasteiger partial charge in [-0.15, -0.1) is 0 Å². The second-order valence-corrected chi connectivity index (χ2v) is 3.63. The van der Waals surface area contributed by atoms with E-state index in [-0.39, 0.29) is 12.0 Å². The smallest absolute Gasteiger partial charge is 0.0612 e. The molecule has 0 saturated heterocycles. The molecule has 0 fully saturated rings. The molecule has 0 amide bonds. The standard InChI is InChI=1S/C10H17NO/c1-8(12)10-6-4-5-9(10)7-11(2)3/h4-6,8,10,12H,7H2,1-3H3/t8-,10?/m1/s1. The van der Waals surface area contributed by atoms with Gasteiger partial charge in [0.2, 0.25) is 0 Å². The third-order valence-electron chi connectivity index (χ3n) is 2.08. The molecule has 0 bridgehead atoms. The van der Waals surface area contributed by atoms with Crippen molar-refractivity contribution in [2.24, 2.45) is 5.92 Å². The van der Waals surface area contributed by atoms with Crippen LogP contribution >= 0.6 is 0 Å². The van der Waals surface area contributed by atoms with E-state index in [1.807, 2.05) is 27.1 Å². The number of nitrogens with zero attached hydrogens (tertiary/aromatic N) is 1. The molecule has 0 aromatic heterocycles. The molecule has 1 unspecified atom stereocenters. The Morgan fingerprint density at radius 1 is 1.58 bits per heavy atom. The maximum atomic E-state index is 9.42. The zero-order chi connectivity index (χ0) is 9.14. The highest BCUT2D eigenvalue weighted by Crippen LogP contribution is 2.22. The van der Waals surface area contributed by atoms with E-state index in [0.717, 1.165) is 6.54 Å². The first-order valence-electron chi connectivity index (χ1n) is 4.31. The van der Waals surface area contributed by atoms with Crippen LogP contribution in [-0.4, -0.2) is 36.8 Å². The molecular formula is C10H17NO. The summed E-state index contributed by atoms with van der Waals surface area (Å²) in [6.45, 7) is 2.77. The van der Waals surface area contributed by atoms with Gasteiger partial charge in [0.15, 0.2) is 0 Å². The summed E-state index contributed by atoms with van der Waals surface area (Å²) in [7, 11) is 4.08. The first kappa shape index (κ1) is 9.49. The van der Waals surface area contributed by atoms with E-state index in [9.17, 15) is 5.11 Å². The van der Waals surface area contributed by atoms with E-state index < -0.39 is 0 Å². The highest BCUT2D eigenvalue weighted by Gasteiger charge is 2.19. The van der Waals surface area contributed by atoms with Crippen LogP contribution in [0.2, 0.25) is 0 Å². The van der Waals surface area contributed by atoms with Crippen LogP contribution in [-0.2, 0) is 0 Å². The third kappa shape index (κ3) is 2.19. The first-order valence-corrected chi connectivity index (χ1v) is 4.31. The molecule has 0 spiro atoms. The molecule has 1 N–H and O–H groups in total.